The van der Waals surface area contributed by atoms with E-state index >= 15 is 18.4 Å². The van der Waals surface area contributed by atoms with Crippen molar-refractivity contribution >= 4 is 57.1 Å². The molecule has 106 heavy (non-hydrogen) atoms. The summed E-state index contributed by atoms with van der Waals surface area (Å²) in [7, 11) is 2.54. The van der Waals surface area contributed by atoms with Crippen molar-refractivity contribution in [1.29, 1.82) is 0 Å². The second kappa shape index (κ2) is 35.1. The molecule has 4 heterocycles. The number of nitrogens with zero attached hydrogens (tertiary/aromatic N) is 6. The fourth-order valence-corrected chi connectivity index (χ4v) is 11.9. The van der Waals surface area contributed by atoms with Crippen LogP contribution in [0.5, 0.6) is 0 Å². The summed E-state index contributed by atoms with van der Waals surface area (Å²) < 4.78 is 466. The summed E-state index contributed by atoms with van der Waals surface area (Å²) in [4.78, 5) is 60.6. The number of rotatable bonds is 24. The standard InChI is InChI=1S/2C41H40F5N3O3S/c1-27(28-10-12-29(13-11-28)30-14-16-32(17-15-30)41(44,45)46)49(33-18-20-47(21-19-33)22-23-52-2)38(51)25-48-36-9-4-3-7-34(36)37(50)24-39(48)53-26-31-6-5-8-35(42)40(31)43;1-27-6-15-36-34(22-27)37(50)23-39(53-26-31-4-3-5-35(42)40(31)43)49(36)25-38(51)48(33-16-18-47(19-17-33)20-21-52-2)24-28-7-9-29(10-8-28)30-11-13-32(14-12-30)41(44,45)46/h3-17,24,27,33H,18-23,25-26H2,1-2H3;3-15,22-23,33H,16-21,24-26H2,1-2H3/i18D2,19D2,20D2,21D2,25D2,26D2,27D,33D;3D,4D,5D,6D,7D,8D,9D,10D,11D,12D,13D,14D,15D,22D,23D,24D2,25D2,26D2. The Morgan fingerprint density at radius 2 is 1.21 bits per heavy atom. The maximum absolute atomic E-state index is 15.7. The van der Waals surface area contributed by atoms with Crippen LogP contribution in [0.25, 0.3) is 44.1 Å². The average Bonchev–Trinajstić information content (AvgIpc) is 0.656. The third-order valence-corrected chi connectivity index (χ3v) is 17.5. The van der Waals surface area contributed by atoms with Gasteiger partial charge in [-0.2, -0.15) is 26.3 Å². The van der Waals surface area contributed by atoms with Gasteiger partial charge < -0.3 is 38.2 Å². The zero-order chi connectivity index (χ0) is 106. The maximum atomic E-state index is 15.7. The van der Waals surface area contributed by atoms with Crippen molar-refractivity contribution < 1.29 is 111 Å². The van der Waals surface area contributed by atoms with Gasteiger partial charge in [0, 0.05) is 134 Å². The van der Waals surface area contributed by atoms with Crippen molar-refractivity contribution in [1.82, 2.24) is 28.7 Å². The Labute approximate surface area is 665 Å². The number of aromatic nitrogens is 2. The molecule has 1 atom stereocenters. The highest BCUT2D eigenvalue weighted by atomic mass is 32.2. The van der Waals surface area contributed by atoms with Gasteiger partial charge in [-0.15, -0.1) is 23.5 Å². The first-order valence-corrected chi connectivity index (χ1v) is 33.1. The van der Waals surface area contributed by atoms with Gasteiger partial charge in [-0.05, 0) is 133 Å². The number of carbonyl (C=O) groups excluding carboxylic acids is 2. The van der Waals surface area contributed by atoms with Crippen LogP contribution in [0.4, 0.5) is 43.9 Å². The Morgan fingerprint density at radius 3 is 1.86 bits per heavy atom. The molecule has 2 amide bonds. The van der Waals surface area contributed by atoms with E-state index in [9.17, 15) is 61.2 Å². The van der Waals surface area contributed by atoms with Gasteiger partial charge in [0.25, 0.3) is 0 Å². The fourth-order valence-electron chi connectivity index (χ4n) is 10.4. The number of ether oxygens (including phenoxy) is 2. The first-order valence-electron chi connectivity index (χ1n) is 49.0. The van der Waals surface area contributed by atoms with Crippen LogP contribution in [-0.4, -0.2) is 119 Å². The number of carbonyl (C=O) groups is 2. The highest BCUT2D eigenvalue weighted by molar-refractivity contribution is 7.98. The predicted molar refractivity (Wildman–Crippen MR) is 395 cm³/mol. The predicted octanol–water partition coefficient (Wildman–Crippen LogP) is 17.7. The van der Waals surface area contributed by atoms with Crippen LogP contribution >= 0.6 is 23.5 Å². The number of fused-ring (bicyclic) bond motifs is 2. The van der Waals surface area contributed by atoms with E-state index in [-0.39, 0.29) is 86.6 Å². The van der Waals surface area contributed by atoms with Crippen LogP contribution in [-0.2, 0) is 62.3 Å². The molecule has 0 N–H and O–H groups in total. The number of hydrogen-bond acceptors (Lipinski definition) is 10. The second-order valence-electron chi connectivity index (χ2n) is 22.8. The van der Waals surface area contributed by atoms with Crippen LogP contribution in [0.2, 0.25) is 0 Å². The Hall–Kier alpha value is -9.04. The number of amides is 2. The first-order chi connectivity index (χ1) is 64.6. The minimum atomic E-state index is -5.44. The van der Waals surface area contributed by atoms with Crippen LogP contribution in [0.1, 0.15) is 125 Å². The summed E-state index contributed by atoms with van der Waals surface area (Å²) in [6.45, 7) is -18.5. The molecule has 0 aliphatic carbocycles. The summed E-state index contributed by atoms with van der Waals surface area (Å²) in [6, 6.07) is -13.1. The fraction of sp³-hybridized carbons (Fsp3) is 0.317. The average molecular weight is 1530 g/mol. The molecule has 0 spiro atoms. The van der Waals surface area contributed by atoms with E-state index in [4.69, 9.17) is 41.0 Å². The van der Waals surface area contributed by atoms with E-state index in [0.717, 1.165) is 75.6 Å². The topological polar surface area (TPSA) is 110 Å². The Morgan fingerprint density at radius 1 is 0.623 bits per heavy atom. The third-order valence-electron chi connectivity index (χ3n) is 15.8. The minimum Gasteiger partial charge on any atom is -0.383 e. The third kappa shape index (κ3) is 19.2. The number of methoxy groups -OCH3 is 2. The van der Waals surface area contributed by atoms with E-state index in [1.807, 2.05) is 0 Å². The number of piperidine rings is 2. The van der Waals surface area contributed by atoms with Crippen molar-refractivity contribution in [3.8, 4) is 22.3 Å². The van der Waals surface area contributed by atoms with Crippen LogP contribution < -0.4 is 10.9 Å². The SMILES string of the molecule is [2H]C([2H])(Sc1cc(=O)c2ccccc2n1C([2H])([2H])C(=O)N(C([2H])(C)c1ccc(-c2ccc(C(F)(F)F)cc2)cc1)C1([2H])C([2H])([2H])C([2H])([2H])N(CCOC)C([2H])([2H])C1([2H])[2H])c1cccc(F)c1F.[2H]c1c([2H])c(F)c(F)c(C([2H])([2H])Sc2c([2H])c(=O)c3c([2H])c(C)c([2H])c([2H])c3n2C([2H])([2H])C(=O)N(C2CCN(CCOC)CC2)C([2H])([2H])c2c([2H])c([2H])c(-c3c([2H])c([2H])c(C(F)(F)F)c([2H])c3[2H])c([2H])c2[2H])c1[2H]. The smallest absolute Gasteiger partial charge is 0.383 e. The van der Waals surface area contributed by atoms with E-state index in [2.05, 4.69) is 0 Å². The van der Waals surface area contributed by atoms with E-state index in [1.54, 1.807) is 4.90 Å². The lowest BCUT2D eigenvalue weighted by atomic mass is 9.96. The molecule has 2 aliphatic heterocycles. The molecule has 2 aromatic heterocycles. The molecular formula is C82H80F10N6O6S2. The van der Waals surface area contributed by atoms with Gasteiger partial charge in [-0.25, -0.2) is 17.6 Å². The summed E-state index contributed by atoms with van der Waals surface area (Å²) in [6.07, 6.45) is -19.0. The Balaban J connectivity index is 0.000000271. The molecule has 10 aromatic rings. The molecular weight excluding hydrogens is 1420 g/mol. The molecule has 2 aliphatic rings. The van der Waals surface area contributed by atoms with Crippen LogP contribution in [0.15, 0.2) is 207 Å². The van der Waals surface area contributed by atoms with Gasteiger partial charge >= 0.3 is 12.4 Å². The number of thioether (sulfide) groups is 2. The number of hydrogen-bond donors (Lipinski definition) is 0. The highest BCUT2D eigenvalue weighted by Crippen LogP contribution is 2.37. The maximum Gasteiger partial charge on any atom is 0.416 e. The van der Waals surface area contributed by atoms with Crippen LogP contribution in [0, 0.1) is 30.2 Å². The largest absolute Gasteiger partial charge is 0.416 e. The molecule has 8 aromatic carbocycles. The van der Waals surface area contributed by atoms with Crippen molar-refractivity contribution in [2.75, 3.05) is 66.6 Å². The first kappa shape index (κ1) is 44.3. The Kier molecular flexibility index (Phi) is 14.7. The van der Waals surface area contributed by atoms with Crippen molar-refractivity contribution in [2.45, 2.75) is 111 Å². The lowest BCUT2D eigenvalue weighted by molar-refractivity contribution is -0.138. The minimum absolute atomic E-state index is 0.00553. The molecule has 0 saturated carbocycles. The van der Waals surface area contributed by atoms with Gasteiger partial charge in [0.15, 0.2) is 34.1 Å². The van der Waals surface area contributed by atoms with Gasteiger partial charge in [0.1, 0.15) is 13.0 Å². The van der Waals surface area contributed by atoms with E-state index in [0.29, 0.717) is 16.7 Å². The molecule has 2 fully saturated rings. The van der Waals surface area contributed by atoms with Crippen LogP contribution in [0.3, 0.4) is 0 Å². The zero-order valence-corrected chi connectivity index (χ0v) is 57.3. The Bertz CT molecular complexity index is 6690. The van der Waals surface area contributed by atoms with Crippen molar-refractivity contribution in [3.05, 3.63) is 270 Å². The molecule has 0 radical (unpaired) electrons. The quantitative estimate of drug-likeness (QED) is 0.0428. The lowest BCUT2D eigenvalue weighted by Crippen LogP contribution is -2.49. The monoisotopic (exact) mass is 1530 g/mol. The molecule has 0 bridgehead atoms. The second-order valence-corrected chi connectivity index (χ2v) is 24.4. The van der Waals surface area contributed by atoms with E-state index < -0.39 is 325 Å². The number of pyridine rings is 2. The summed E-state index contributed by atoms with van der Waals surface area (Å²) in [5.41, 5.74) is -20.6. The summed E-state index contributed by atoms with van der Waals surface area (Å²) in [5.74, 6) is -11.8. The van der Waals surface area contributed by atoms with Crippen molar-refractivity contribution in [2.24, 2.45) is 0 Å². The number of halogens is 10. The molecule has 12 rings (SSSR count). The van der Waals surface area contributed by atoms with Gasteiger partial charge in [0.2, 0.25) is 11.8 Å². The highest BCUT2D eigenvalue weighted by Gasteiger charge is 2.35. The molecule has 2 saturated heterocycles. The molecule has 556 valence electrons. The van der Waals surface area contributed by atoms with Gasteiger partial charge in [-0.1, -0.05) is 121 Å². The van der Waals surface area contributed by atoms with Crippen molar-refractivity contribution in [3.63, 3.8) is 0 Å². The number of benzene rings is 8. The zero-order valence-electron chi connectivity index (χ0n) is 90.7. The molecule has 12 nitrogen and oxygen atoms in total. The normalized spacial score (nSPS) is 22.4. The van der Waals surface area contributed by atoms with E-state index in [1.165, 1.54) is 37.4 Å². The van der Waals surface area contributed by atoms with Gasteiger partial charge in [-0.3, -0.25) is 19.2 Å². The summed E-state index contributed by atoms with van der Waals surface area (Å²) >= 11 is -0.628. The number of alkyl halides is 6. The lowest BCUT2D eigenvalue weighted by Gasteiger charge is -2.42. The molecule has 1 unspecified atom stereocenters. The number of likely N-dealkylation sites (tertiary alicyclic amines) is 2. The number of para-hydroxylation sites is 1. The molecule has 24 heteroatoms. The van der Waals surface area contributed by atoms with Gasteiger partial charge in [0.05, 0.1) is 83.0 Å². The summed E-state index contributed by atoms with van der Waals surface area (Å²) in [5, 5.41) is -3.55.